The van der Waals surface area contributed by atoms with Crippen LogP contribution >= 0.6 is 22.9 Å². The van der Waals surface area contributed by atoms with Crippen LogP contribution in [-0.4, -0.2) is 37.1 Å². The lowest BCUT2D eigenvalue weighted by Crippen LogP contribution is -2.13. The molecule has 0 saturated carbocycles. The zero-order valence-corrected chi connectivity index (χ0v) is 16.1. The fourth-order valence-electron chi connectivity index (χ4n) is 2.32. The van der Waals surface area contributed by atoms with Crippen LogP contribution < -0.4 is 4.74 Å². The highest BCUT2D eigenvalue weighted by Crippen LogP contribution is 2.41. The van der Waals surface area contributed by atoms with Crippen molar-refractivity contribution in [1.29, 1.82) is 0 Å². The van der Waals surface area contributed by atoms with Crippen LogP contribution in [0.25, 0.3) is 20.7 Å². The fourth-order valence-corrected chi connectivity index (χ4v) is 3.95. The van der Waals surface area contributed by atoms with Crippen LogP contribution in [0.1, 0.15) is 5.56 Å². The first-order chi connectivity index (χ1) is 12.6. The quantitative estimate of drug-likeness (QED) is 0.438. The number of hydrogen-bond acceptors (Lipinski definition) is 6. The maximum absolute atomic E-state index is 13.4. The Morgan fingerprint density at radius 3 is 2.63 bits per heavy atom. The van der Waals surface area contributed by atoms with E-state index in [-0.39, 0.29) is 4.88 Å². The molecule has 0 aliphatic carbocycles. The zero-order chi connectivity index (χ0) is 19.8. The minimum Gasteiger partial charge on any atom is -0.492 e. The molecule has 0 aliphatic rings. The molecule has 1 aromatic carbocycles. The zero-order valence-electron chi connectivity index (χ0n) is 13.7. The maximum atomic E-state index is 13.4. The highest BCUT2D eigenvalue weighted by atomic mass is 35.5. The van der Waals surface area contributed by atoms with Crippen LogP contribution in [0.2, 0.25) is 0 Å². The van der Waals surface area contributed by atoms with Gasteiger partial charge in [0.15, 0.2) is 0 Å². The number of fused-ring (bicyclic) bond motifs is 1. The Balaban J connectivity index is 2.16. The van der Waals surface area contributed by atoms with E-state index in [0.717, 1.165) is 17.6 Å². The second-order valence-corrected chi connectivity index (χ2v) is 8.90. The van der Waals surface area contributed by atoms with E-state index in [0.29, 0.717) is 34.5 Å². The Bertz CT molecular complexity index is 1100. The molecule has 2 heterocycles. The predicted molar refractivity (Wildman–Crippen MR) is 97.2 cm³/mol. The summed E-state index contributed by atoms with van der Waals surface area (Å²) in [5.41, 5.74) is -1.57. The second kappa shape index (κ2) is 7.25. The summed E-state index contributed by atoms with van der Waals surface area (Å²) in [5.74, 6) is 0.833. The van der Waals surface area contributed by atoms with E-state index in [1.807, 2.05) is 0 Å². The molecular formula is C16H12ClF3N2O3S2. The number of halogens is 4. The molecule has 27 heavy (non-hydrogen) atoms. The summed E-state index contributed by atoms with van der Waals surface area (Å²) >= 11 is 6.64. The molecular weight excluding hydrogens is 425 g/mol. The van der Waals surface area contributed by atoms with Gasteiger partial charge in [-0.25, -0.2) is 18.4 Å². The highest BCUT2D eigenvalue weighted by Gasteiger charge is 2.36. The summed E-state index contributed by atoms with van der Waals surface area (Å²) in [6, 6.07) is 6.58. The van der Waals surface area contributed by atoms with Crippen molar-refractivity contribution in [3.05, 3.63) is 36.0 Å². The number of alkyl halides is 4. The van der Waals surface area contributed by atoms with Crippen LogP contribution in [0.15, 0.2) is 35.6 Å². The molecule has 0 radical (unpaired) electrons. The first-order valence-corrected chi connectivity index (χ1v) is 10.7. The third kappa shape index (κ3) is 4.33. The molecule has 0 bridgehead atoms. The number of nitrogens with zero attached hydrogens (tertiary/aromatic N) is 2. The molecule has 5 nitrogen and oxygen atoms in total. The molecule has 0 fully saturated rings. The number of hydrogen-bond donors (Lipinski definition) is 0. The Kier molecular flexibility index (Phi) is 5.33. The number of thiophene rings is 1. The van der Waals surface area contributed by atoms with Crippen molar-refractivity contribution in [3.63, 3.8) is 0 Å². The summed E-state index contributed by atoms with van der Waals surface area (Å²) in [6.45, 7) is 0.298. The summed E-state index contributed by atoms with van der Waals surface area (Å²) < 4.78 is 69.5. The maximum Gasteiger partial charge on any atom is 0.420 e. The molecule has 0 saturated heterocycles. The fraction of sp³-hybridized carbons (Fsp3) is 0.250. The molecule has 2 aromatic heterocycles. The number of rotatable bonds is 5. The molecule has 11 heteroatoms. The number of aromatic nitrogens is 2. The predicted octanol–water partition coefficient (Wildman–Crippen LogP) is 4.40. The highest BCUT2D eigenvalue weighted by molar-refractivity contribution is 7.90. The monoisotopic (exact) mass is 436 g/mol. The smallest absolute Gasteiger partial charge is 0.420 e. The van der Waals surface area contributed by atoms with E-state index in [1.165, 1.54) is 6.07 Å². The summed E-state index contributed by atoms with van der Waals surface area (Å²) in [7, 11) is -3.86. The van der Waals surface area contributed by atoms with Gasteiger partial charge in [-0.15, -0.1) is 22.9 Å². The van der Waals surface area contributed by atoms with Gasteiger partial charge in [-0.2, -0.15) is 13.2 Å². The van der Waals surface area contributed by atoms with Crippen LogP contribution in [-0.2, 0) is 16.0 Å². The minimum absolute atomic E-state index is 0.180. The van der Waals surface area contributed by atoms with Gasteiger partial charge in [0.05, 0.1) is 16.5 Å². The minimum atomic E-state index is -4.73. The molecule has 144 valence electrons. The molecule has 3 rings (SSSR count). The Hall–Kier alpha value is -1.91. The molecule has 3 aromatic rings. The average Bonchev–Trinajstić information content (AvgIpc) is 3.01. The normalized spacial score (nSPS) is 12.5. The summed E-state index contributed by atoms with van der Waals surface area (Å²) in [5, 5.41) is -0.0104. The van der Waals surface area contributed by atoms with Crippen molar-refractivity contribution >= 4 is 42.9 Å². The molecule has 0 aliphatic heterocycles. The van der Waals surface area contributed by atoms with Gasteiger partial charge in [-0.3, -0.25) is 0 Å². The van der Waals surface area contributed by atoms with Crippen molar-refractivity contribution in [2.24, 2.45) is 0 Å². The van der Waals surface area contributed by atoms with Gasteiger partial charge < -0.3 is 4.74 Å². The Labute approximate surface area is 161 Å². The van der Waals surface area contributed by atoms with Crippen LogP contribution in [0, 0.1) is 0 Å². The largest absolute Gasteiger partial charge is 0.492 e. The molecule has 0 amide bonds. The molecule has 0 N–H and O–H groups in total. The summed E-state index contributed by atoms with van der Waals surface area (Å²) in [6.07, 6.45) is -3.39. The van der Waals surface area contributed by atoms with Gasteiger partial charge >= 0.3 is 6.18 Å². The van der Waals surface area contributed by atoms with Gasteiger partial charge in [0.2, 0.25) is 15.0 Å². The molecule has 0 atom stereocenters. The van der Waals surface area contributed by atoms with E-state index in [2.05, 4.69) is 9.97 Å². The second-order valence-electron chi connectivity index (χ2n) is 5.53. The Morgan fingerprint density at radius 2 is 2.00 bits per heavy atom. The number of ether oxygens (including phenoxy) is 1. The van der Waals surface area contributed by atoms with E-state index in [9.17, 15) is 21.6 Å². The van der Waals surface area contributed by atoms with Gasteiger partial charge in [0.25, 0.3) is 0 Å². The lowest BCUT2D eigenvalue weighted by molar-refractivity contribution is -0.137. The van der Waals surface area contributed by atoms with Crippen LogP contribution in [0.5, 0.6) is 5.75 Å². The third-order valence-electron chi connectivity index (χ3n) is 3.47. The van der Waals surface area contributed by atoms with E-state index in [4.69, 9.17) is 16.3 Å². The van der Waals surface area contributed by atoms with E-state index in [1.54, 1.807) is 18.2 Å². The topological polar surface area (TPSA) is 69.2 Å². The SMILES string of the molecule is CS(=O)(=O)c1ncc(C(F)(F)F)c(-c2cc3cc(OCCCl)ccc3s2)n1. The third-order valence-corrected chi connectivity index (χ3v) is 5.61. The summed E-state index contributed by atoms with van der Waals surface area (Å²) in [4.78, 5) is 7.23. The first kappa shape index (κ1) is 19.8. The van der Waals surface area contributed by atoms with Crippen molar-refractivity contribution < 1.29 is 26.3 Å². The van der Waals surface area contributed by atoms with Gasteiger partial charge in [0.1, 0.15) is 17.9 Å². The average molecular weight is 437 g/mol. The Morgan fingerprint density at radius 1 is 1.26 bits per heavy atom. The first-order valence-electron chi connectivity index (χ1n) is 7.46. The lowest BCUT2D eigenvalue weighted by atomic mass is 10.1. The number of benzene rings is 1. The van der Waals surface area contributed by atoms with Crippen molar-refractivity contribution in [2.45, 2.75) is 11.3 Å². The molecule has 0 spiro atoms. The van der Waals surface area contributed by atoms with Crippen molar-refractivity contribution in [3.8, 4) is 16.3 Å². The standard InChI is InChI=1S/C16H12ClF3N2O3S2/c1-27(23,24)15-21-8-11(16(18,19)20)14(22-15)13-7-9-6-10(25-5-4-17)2-3-12(9)26-13/h2-3,6-8H,4-5H2,1H3. The van der Waals surface area contributed by atoms with E-state index < -0.39 is 32.4 Å². The van der Waals surface area contributed by atoms with Crippen LogP contribution in [0.3, 0.4) is 0 Å². The van der Waals surface area contributed by atoms with E-state index >= 15 is 0 Å². The van der Waals surface area contributed by atoms with Gasteiger partial charge in [-0.1, -0.05) is 0 Å². The van der Waals surface area contributed by atoms with Gasteiger partial charge in [0, 0.05) is 17.2 Å². The van der Waals surface area contributed by atoms with Gasteiger partial charge in [-0.05, 0) is 29.7 Å². The molecule has 0 unspecified atom stereocenters. The lowest BCUT2D eigenvalue weighted by Gasteiger charge is -2.11. The van der Waals surface area contributed by atoms with Crippen molar-refractivity contribution in [1.82, 2.24) is 9.97 Å². The van der Waals surface area contributed by atoms with Crippen LogP contribution in [0.4, 0.5) is 13.2 Å². The van der Waals surface area contributed by atoms with Crippen molar-refractivity contribution in [2.75, 3.05) is 18.7 Å². The number of sulfone groups is 1.